The molecule has 0 N–H and O–H groups in total. The van der Waals surface area contributed by atoms with Gasteiger partial charge in [-0.25, -0.2) is 8.78 Å². The summed E-state index contributed by atoms with van der Waals surface area (Å²) in [5.74, 6) is -3.01. The molecule has 1 aliphatic rings. The number of nitrogens with zero attached hydrogens (tertiary/aromatic N) is 1. The molecule has 1 aliphatic heterocycles. The first-order valence-corrected chi connectivity index (χ1v) is 11.4. The van der Waals surface area contributed by atoms with Crippen molar-refractivity contribution in [2.24, 2.45) is 5.41 Å². The van der Waals surface area contributed by atoms with Crippen LogP contribution in [-0.4, -0.2) is 23.9 Å². The molecule has 0 saturated carbocycles. The van der Waals surface area contributed by atoms with E-state index >= 15 is 0 Å². The van der Waals surface area contributed by atoms with Gasteiger partial charge in [0.1, 0.15) is 0 Å². The second kappa shape index (κ2) is 10.1. The summed E-state index contributed by atoms with van der Waals surface area (Å²) in [7, 11) is 0. The number of hydrogen-bond acceptors (Lipinski definition) is 1. The third-order valence-electron chi connectivity index (χ3n) is 6.37. The molecule has 1 saturated heterocycles. The highest BCUT2D eigenvalue weighted by atomic mass is 19.4. The van der Waals surface area contributed by atoms with Gasteiger partial charge in [0.05, 0.1) is 17.5 Å². The SMILES string of the molecule is CC(C)(CCCN1CCC(F)(F)[CH]C1c1ccc(C(F)(F)F)cc1)Cc1ccc(C(F)(F)F)cc1. The van der Waals surface area contributed by atoms with E-state index in [1.165, 1.54) is 24.3 Å². The van der Waals surface area contributed by atoms with Crippen molar-refractivity contribution in [1.29, 1.82) is 0 Å². The quantitative estimate of drug-likeness (QED) is 0.341. The van der Waals surface area contributed by atoms with Crippen molar-refractivity contribution >= 4 is 0 Å². The molecule has 1 heterocycles. The highest BCUT2D eigenvalue weighted by Gasteiger charge is 2.41. The molecule has 3 rings (SSSR count). The van der Waals surface area contributed by atoms with E-state index in [0.717, 1.165) is 36.2 Å². The van der Waals surface area contributed by atoms with Gasteiger partial charge in [0.15, 0.2) is 0 Å². The number of benzene rings is 2. The third-order valence-corrected chi connectivity index (χ3v) is 6.37. The molecule has 9 heteroatoms. The zero-order chi connectivity index (χ0) is 26.1. The predicted octanol–water partition coefficient (Wildman–Crippen LogP) is 8.36. The summed E-state index contributed by atoms with van der Waals surface area (Å²) in [5.41, 5.74) is -0.627. The smallest absolute Gasteiger partial charge is 0.296 e. The monoisotopic (exact) mass is 506 g/mol. The molecule has 1 fully saturated rings. The van der Waals surface area contributed by atoms with Gasteiger partial charge < -0.3 is 0 Å². The van der Waals surface area contributed by atoms with Crippen LogP contribution in [0.15, 0.2) is 48.5 Å². The molecule has 1 atom stereocenters. The van der Waals surface area contributed by atoms with Crippen molar-refractivity contribution in [2.45, 2.75) is 63.8 Å². The lowest BCUT2D eigenvalue weighted by Gasteiger charge is -2.40. The van der Waals surface area contributed by atoms with Crippen molar-refractivity contribution in [2.75, 3.05) is 13.1 Å². The minimum absolute atomic E-state index is 0.106. The molecule has 1 unspecified atom stereocenters. The second-order valence-corrected chi connectivity index (χ2v) is 9.92. The van der Waals surface area contributed by atoms with Crippen molar-refractivity contribution in [3.8, 4) is 0 Å². The van der Waals surface area contributed by atoms with Crippen LogP contribution in [0.1, 0.15) is 61.4 Å². The van der Waals surface area contributed by atoms with E-state index in [2.05, 4.69) is 0 Å². The highest BCUT2D eigenvalue weighted by Crippen LogP contribution is 2.40. The fourth-order valence-electron chi connectivity index (χ4n) is 4.49. The molecular formula is C26H28F8N. The third kappa shape index (κ3) is 7.66. The maximum atomic E-state index is 14.1. The van der Waals surface area contributed by atoms with Gasteiger partial charge >= 0.3 is 12.4 Å². The van der Waals surface area contributed by atoms with Crippen LogP contribution in [0.5, 0.6) is 0 Å². The summed E-state index contributed by atoms with van der Waals surface area (Å²) < 4.78 is 105. The molecule has 0 amide bonds. The number of alkyl halides is 8. The average molecular weight is 507 g/mol. The summed E-state index contributed by atoms with van der Waals surface area (Å²) in [4.78, 5) is 1.84. The first-order chi connectivity index (χ1) is 16.1. The summed E-state index contributed by atoms with van der Waals surface area (Å²) in [6, 6.07) is 8.54. The summed E-state index contributed by atoms with van der Waals surface area (Å²) in [6.45, 7) is 4.56. The molecule has 1 nitrogen and oxygen atoms in total. The molecular weight excluding hydrogens is 478 g/mol. The normalized spacial score (nSPS) is 19.7. The number of piperidine rings is 1. The van der Waals surface area contributed by atoms with Gasteiger partial charge in [0, 0.05) is 19.0 Å². The fourth-order valence-corrected chi connectivity index (χ4v) is 4.49. The van der Waals surface area contributed by atoms with Gasteiger partial charge in [-0.1, -0.05) is 38.1 Å². The zero-order valence-electron chi connectivity index (χ0n) is 19.5. The van der Waals surface area contributed by atoms with E-state index < -0.39 is 35.4 Å². The van der Waals surface area contributed by atoms with E-state index in [4.69, 9.17) is 0 Å². The Morgan fingerprint density at radius 3 is 1.86 bits per heavy atom. The molecule has 0 aromatic heterocycles. The van der Waals surface area contributed by atoms with Crippen LogP contribution in [0.4, 0.5) is 35.1 Å². The van der Waals surface area contributed by atoms with E-state index in [1.54, 1.807) is 0 Å². The minimum Gasteiger partial charge on any atom is -0.296 e. The van der Waals surface area contributed by atoms with Crippen LogP contribution in [0.25, 0.3) is 0 Å². The van der Waals surface area contributed by atoms with E-state index in [9.17, 15) is 35.1 Å². The molecule has 0 bridgehead atoms. The fraction of sp³-hybridized carbons (Fsp3) is 0.500. The van der Waals surface area contributed by atoms with Crippen LogP contribution in [0.3, 0.4) is 0 Å². The van der Waals surface area contributed by atoms with Crippen molar-refractivity contribution < 1.29 is 35.1 Å². The second-order valence-electron chi connectivity index (χ2n) is 9.92. The van der Waals surface area contributed by atoms with Gasteiger partial charge in [-0.2, -0.15) is 26.3 Å². The number of hydrogen-bond donors (Lipinski definition) is 0. The molecule has 35 heavy (non-hydrogen) atoms. The molecule has 1 radical (unpaired) electrons. The van der Waals surface area contributed by atoms with Gasteiger partial charge in [0.2, 0.25) is 0 Å². The Bertz CT molecular complexity index is 959. The number of likely N-dealkylation sites (tertiary alicyclic amines) is 1. The van der Waals surface area contributed by atoms with Crippen molar-refractivity contribution in [3.63, 3.8) is 0 Å². The predicted molar refractivity (Wildman–Crippen MR) is 118 cm³/mol. The van der Waals surface area contributed by atoms with Gasteiger partial charge in [-0.05, 0) is 66.6 Å². The van der Waals surface area contributed by atoms with E-state index in [0.29, 0.717) is 31.4 Å². The maximum absolute atomic E-state index is 14.1. The van der Waals surface area contributed by atoms with Crippen LogP contribution in [0, 0.1) is 11.8 Å². The number of halogens is 8. The van der Waals surface area contributed by atoms with Gasteiger partial charge in [-0.3, -0.25) is 4.90 Å². The summed E-state index contributed by atoms with van der Waals surface area (Å²) >= 11 is 0. The standard InChI is InChI=1S/C26H28F8N/c1-23(2,16-18-4-8-20(9-5-18)25(29,30)31)12-3-14-35-15-13-24(27,28)17-22(35)19-6-10-21(11-7-19)26(32,33)34/h4-11,17,22H,3,12-16H2,1-2H3. The zero-order valence-corrected chi connectivity index (χ0v) is 19.5. The molecule has 0 spiro atoms. The maximum Gasteiger partial charge on any atom is 0.416 e. The Kier molecular flexibility index (Phi) is 7.89. The van der Waals surface area contributed by atoms with Crippen LogP contribution < -0.4 is 0 Å². The lowest BCUT2D eigenvalue weighted by molar-refractivity contribution is -0.138. The van der Waals surface area contributed by atoms with E-state index in [-0.39, 0.29) is 18.4 Å². The molecule has 2 aromatic rings. The van der Waals surface area contributed by atoms with Crippen LogP contribution in [0.2, 0.25) is 0 Å². The topological polar surface area (TPSA) is 3.24 Å². The Labute approximate surface area is 200 Å². The summed E-state index contributed by atoms with van der Waals surface area (Å²) in [5, 5.41) is 0. The lowest BCUT2D eigenvalue weighted by Crippen LogP contribution is -2.43. The van der Waals surface area contributed by atoms with Crippen molar-refractivity contribution in [3.05, 3.63) is 77.2 Å². The Morgan fingerprint density at radius 2 is 1.34 bits per heavy atom. The van der Waals surface area contributed by atoms with Crippen LogP contribution in [-0.2, 0) is 18.8 Å². The van der Waals surface area contributed by atoms with Crippen LogP contribution >= 0.6 is 0 Å². The summed E-state index contributed by atoms with van der Waals surface area (Å²) in [6.07, 6.45) is -6.47. The van der Waals surface area contributed by atoms with Crippen molar-refractivity contribution in [1.82, 2.24) is 4.90 Å². The van der Waals surface area contributed by atoms with E-state index in [1.807, 2.05) is 18.7 Å². The van der Waals surface area contributed by atoms with Gasteiger partial charge in [0.25, 0.3) is 5.92 Å². The minimum atomic E-state index is -4.50. The Morgan fingerprint density at radius 1 is 0.829 bits per heavy atom. The highest BCUT2D eigenvalue weighted by molar-refractivity contribution is 5.30. The molecule has 193 valence electrons. The largest absolute Gasteiger partial charge is 0.416 e. The molecule has 2 aromatic carbocycles. The molecule has 0 aliphatic carbocycles. The van der Waals surface area contributed by atoms with Gasteiger partial charge in [-0.15, -0.1) is 0 Å². The first kappa shape index (κ1) is 27.4. The average Bonchev–Trinajstić information content (AvgIpc) is 2.73. The Balaban J connectivity index is 1.62. The number of rotatable bonds is 7. The first-order valence-electron chi connectivity index (χ1n) is 11.4. The lowest BCUT2D eigenvalue weighted by atomic mass is 9.81. The Hall–Kier alpha value is -2.16.